The van der Waals surface area contributed by atoms with Gasteiger partial charge in [-0.25, -0.2) is 25.6 Å². The van der Waals surface area contributed by atoms with Crippen LogP contribution < -0.4 is 5.32 Å². The van der Waals surface area contributed by atoms with Crippen LogP contribution >= 0.6 is 0 Å². The second kappa shape index (κ2) is 8.14. The van der Waals surface area contributed by atoms with Gasteiger partial charge in [-0.3, -0.25) is 0 Å². The predicted molar refractivity (Wildman–Crippen MR) is 104 cm³/mol. The Kier molecular flexibility index (Phi) is 6.47. The third-order valence-corrected chi connectivity index (χ3v) is 6.47. The summed E-state index contributed by atoms with van der Waals surface area (Å²) in [5, 5.41) is 2.88. The molecule has 0 aliphatic rings. The lowest BCUT2D eigenvalue weighted by atomic mass is 10.0. The monoisotopic (exact) mass is 432 g/mol. The van der Waals surface area contributed by atoms with Crippen molar-refractivity contribution in [2.24, 2.45) is 0 Å². The maximum absolute atomic E-state index is 14.2. The summed E-state index contributed by atoms with van der Waals surface area (Å²) < 4.78 is 76.1. The van der Waals surface area contributed by atoms with Gasteiger partial charge < -0.3 is 10.2 Å². The average Bonchev–Trinajstić information content (AvgIpc) is 2.55. The molecule has 0 saturated carbocycles. The van der Waals surface area contributed by atoms with Gasteiger partial charge in [-0.1, -0.05) is 6.07 Å². The van der Waals surface area contributed by atoms with E-state index in [2.05, 4.69) is 5.32 Å². The van der Waals surface area contributed by atoms with E-state index < -0.39 is 37.4 Å². The number of likely N-dealkylation sites (N-methyl/N-ethyl adjacent to an activating group) is 1. The van der Waals surface area contributed by atoms with Crippen LogP contribution in [0.2, 0.25) is 0 Å². The molecule has 0 heterocycles. The second-order valence-electron chi connectivity index (χ2n) is 6.70. The molecule has 10 heteroatoms. The third kappa shape index (κ3) is 5.06. The molecule has 0 aliphatic heterocycles. The number of halogens is 2. The number of anilines is 1. The molecule has 0 spiro atoms. The second-order valence-corrected chi connectivity index (χ2v) is 10.7. The lowest BCUT2D eigenvalue weighted by molar-refractivity contribution is 0.295. The van der Waals surface area contributed by atoms with E-state index in [0.717, 1.165) is 30.7 Å². The normalized spacial score (nSPS) is 13.5. The van der Waals surface area contributed by atoms with Crippen LogP contribution in [0.1, 0.15) is 11.6 Å². The van der Waals surface area contributed by atoms with Crippen LogP contribution in [0.5, 0.6) is 0 Å². The molecule has 0 fully saturated rings. The van der Waals surface area contributed by atoms with Crippen LogP contribution in [-0.4, -0.2) is 54.9 Å². The fraction of sp³-hybridized carbons (Fsp3) is 0.333. The van der Waals surface area contributed by atoms with E-state index in [1.165, 1.54) is 18.2 Å². The highest BCUT2D eigenvalue weighted by Gasteiger charge is 2.24. The standard InChI is InChI=1S/C18H22F2N2O4S2/c1-22(2)16(18-13(19)6-5-7-14(18)20)11-21-15-9-8-12(27(3,23)24)10-17(15)28(4,25)26/h5-10,16,21H,11H2,1-4H3. The van der Waals surface area contributed by atoms with Crippen molar-refractivity contribution in [1.82, 2.24) is 4.90 Å². The molecular weight excluding hydrogens is 410 g/mol. The number of hydrogen-bond donors (Lipinski definition) is 1. The smallest absolute Gasteiger partial charge is 0.177 e. The summed E-state index contributed by atoms with van der Waals surface area (Å²) >= 11 is 0. The van der Waals surface area contributed by atoms with Crippen molar-refractivity contribution in [3.8, 4) is 0 Å². The summed E-state index contributed by atoms with van der Waals surface area (Å²) in [6, 6.07) is 6.51. The molecule has 154 valence electrons. The minimum absolute atomic E-state index is 0.00834. The quantitative estimate of drug-likeness (QED) is 0.724. The Morgan fingerprint density at radius 3 is 2.00 bits per heavy atom. The van der Waals surface area contributed by atoms with Crippen LogP contribution in [0.25, 0.3) is 0 Å². The maximum Gasteiger partial charge on any atom is 0.177 e. The SMILES string of the molecule is CN(C)C(CNc1ccc(S(C)(=O)=O)cc1S(C)(=O)=O)c1c(F)cccc1F. The van der Waals surface area contributed by atoms with Crippen molar-refractivity contribution in [2.75, 3.05) is 38.5 Å². The van der Waals surface area contributed by atoms with Crippen LogP contribution in [0.4, 0.5) is 14.5 Å². The Balaban J connectivity index is 2.44. The topological polar surface area (TPSA) is 83.6 Å². The molecule has 2 aromatic carbocycles. The minimum Gasteiger partial charge on any atom is -0.382 e. The van der Waals surface area contributed by atoms with Gasteiger partial charge in [0.1, 0.15) is 11.6 Å². The fourth-order valence-corrected chi connectivity index (χ4v) is 4.37. The van der Waals surface area contributed by atoms with Crippen molar-refractivity contribution in [1.29, 1.82) is 0 Å². The summed E-state index contributed by atoms with van der Waals surface area (Å²) in [7, 11) is -4.07. The summed E-state index contributed by atoms with van der Waals surface area (Å²) in [4.78, 5) is 1.25. The molecule has 2 aromatic rings. The zero-order valence-corrected chi connectivity index (χ0v) is 17.5. The highest BCUT2D eigenvalue weighted by Crippen LogP contribution is 2.28. The van der Waals surface area contributed by atoms with Gasteiger partial charge in [0, 0.05) is 24.6 Å². The van der Waals surface area contributed by atoms with E-state index in [4.69, 9.17) is 0 Å². The van der Waals surface area contributed by atoms with Gasteiger partial charge in [0.2, 0.25) is 0 Å². The Bertz CT molecular complexity index is 1060. The van der Waals surface area contributed by atoms with Gasteiger partial charge >= 0.3 is 0 Å². The molecule has 0 bridgehead atoms. The van der Waals surface area contributed by atoms with Crippen LogP contribution in [0.3, 0.4) is 0 Å². The lowest BCUT2D eigenvalue weighted by Gasteiger charge is -2.26. The molecule has 6 nitrogen and oxygen atoms in total. The largest absolute Gasteiger partial charge is 0.382 e. The maximum atomic E-state index is 14.2. The number of sulfone groups is 2. The molecule has 2 rings (SSSR count). The first kappa shape index (κ1) is 22.3. The van der Waals surface area contributed by atoms with Crippen LogP contribution in [0, 0.1) is 11.6 Å². The number of rotatable bonds is 7. The number of nitrogens with zero attached hydrogens (tertiary/aromatic N) is 1. The van der Waals surface area contributed by atoms with Gasteiger partial charge in [-0.15, -0.1) is 0 Å². The van der Waals surface area contributed by atoms with E-state index in [1.807, 2.05) is 0 Å². The first-order valence-electron chi connectivity index (χ1n) is 8.20. The van der Waals surface area contributed by atoms with E-state index >= 15 is 0 Å². The Morgan fingerprint density at radius 1 is 0.964 bits per heavy atom. The first-order chi connectivity index (χ1) is 12.8. The number of benzene rings is 2. The predicted octanol–water partition coefficient (Wildman–Crippen LogP) is 2.49. The molecule has 0 radical (unpaired) electrons. The van der Waals surface area contributed by atoms with Gasteiger partial charge in [0.25, 0.3) is 0 Å². The fourth-order valence-electron chi connectivity index (χ4n) is 2.76. The summed E-state index contributed by atoms with van der Waals surface area (Å²) in [6.45, 7) is -0.00834. The molecule has 0 saturated heterocycles. The van der Waals surface area contributed by atoms with E-state index in [-0.39, 0.29) is 27.6 Å². The Labute approximate surface area is 164 Å². The Hall–Kier alpha value is -2.04. The van der Waals surface area contributed by atoms with Crippen LogP contribution in [-0.2, 0) is 19.7 Å². The summed E-state index contributed by atoms with van der Waals surface area (Å²) in [6.07, 6.45) is 1.93. The molecule has 0 aromatic heterocycles. The van der Waals surface area contributed by atoms with Crippen LogP contribution in [0.15, 0.2) is 46.2 Å². The molecule has 1 atom stereocenters. The number of hydrogen-bond acceptors (Lipinski definition) is 6. The van der Waals surface area contributed by atoms with Crippen molar-refractivity contribution in [3.05, 3.63) is 53.6 Å². The molecule has 0 aliphatic carbocycles. The minimum atomic E-state index is -3.75. The summed E-state index contributed by atoms with van der Waals surface area (Å²) in [5.74, 6) is -1.42. The van der Waals surface area contributed by atoms with Crippen molar-refractivity contribution in [2.45, 2.75) is 15.8 Å². The lowest BCUT2D eigenvalue weighted by Crippen LogP contribution is -2.29. The number of nitrogens with one attached hydrogen (secondary N) is 1. The molecule has 1 unspecified atom stereocenters. The highest BCUT2D eigenvalue weighted by molar-refractivity contribution is 7.91. The molecule has 28 heavy (non-hydrogen) atoms. The molecule has 1 N–H and O–H groups in total. The average molecular weight is 433 g/mol. The van der Waals surface area contributed by atoms with Gasteiger partial charge in [0.05, 0.1) is 21.5 Å². The highest BCUT2D eigenvalue weighted by atomic mass is 32.2. The van der Waals surface area contributed by atoms with Gasteiger partial charge in [-0.05, 0) is 44.4 Å². The molecular formula is C18H22F2N2O4S2. The van der Waals surface area contributed by atoms with Gasteiger partial charge in [-0.2, -0.15) is 0 Å². The Morgan fingerprint density at radius 2 is 1.54 bits per heavy atom. The van der Waals surface area contributed by atoms with Gasteiger partial charge in [0.15, 0.2) is 19.7 Å². The van der Waals surface area contributed by atoms with E-state index in [9.17, 15) is 25.6 Å². The van der Waals surface area contributed by atoms with E-state index in [1.54, 1.807) is 19.0 Å². The third-order valence-electron chi connectivity index (χ3n) is 4.22. The zero-order chi connectivity index (χ0) is 21.3. The van der Waals surface area contributed by atoms with Crippen molar-refractivity contribution >= 4 is 25.4 Å². The van der Waals surface area contributed by atoms with E-state index in [0.29, 0.717) is 0 Å². The first-order valence-corrected chi connectivity index (χ1v) is 12.0. The van der Waals surface area contributed by atoms with Crippen molar-refractivity contribution < 1.29 is 25.6 Å². The molecule has 0 amide bonds. The zero-order valence-electron chi connectivity index (χ0n) is 15.9. The van der Waals surface area contributed by atoms with Crippen molar-refractivity contribution in [3.63, 3.8) is 0 Å². The summed E-state index contributed by atoms with van der Waals surface area (Å²) in [5.41, 5.74) is 0.00663.